The first-order chi connectivity index (χ1) is 15.8. The second kappa shape index (κ2) is 6.47. The molecule has 0 spiro atoms. The molecular formula is C28H20O5. The van der Waals surface area contributed by atoms with Gasteiger partial charge in [-0.25, -0.2) is 0 Å². The lowest BCUT2D eigenvalue weighted by atomic mass is 9.82. The normalized spacial score (nSPS) is 16.8. The number of phenolic OH excluding ortho intramolecular Hbond substituents is 2. The molecule has 0 aliphatic heterocycles. The number of benzene rings is 4. The predicted molar refractivity (Wildman–Crippen MR) is 127 cm³/mol. The Balaban J connectivity index is 1.85. The van der Waals surface area contributed by atoms with Crippen molar-refractivity contribution < 1.29 is 19.7 Å². The smallest absolute Gasteiger partial charge is 0.208 e. The highest BCUT2D eigenvalue weighted by Crippen LogP contribution is 2.55. The Bertz CT molecular complexity index is 1680. The molecule has 0 radical (unpaired) electrons. The van der Waals surface area contributed by atoms with Crippen LogP contribution in [0, 0.1) is 13.8 Å². The van der Waals surface area contributed by atoms with Crippen LogP contribution in [0.4, 0.5) is 0 Å². The molecule has 33 heavy (non-hydrogen) atoms. The van der Waals surface area contributed by atoms with Crippen LogP contribution >= 0.6 is 0 Å². The molecule has 3 N–H and O–H groups in total. The van der Waals surface area contributed by atoms with Crippen molar-refractivity contribution in [3.05, 3.63) is 105 Å². The maximum Gasteiger partial charge on any atom is 0.208 e. The molecule has 162 valence electrons. The minimum absolute atomic E-state index is 0.00881. The summed E-state index contributed by atoms with van der Waals surface area (Å²) in [4.78, 5) is 13.4. The number of rotatable bonds is 1. The molecule has 1 unspecified atom stereocenters. The van der Waals surface area contributed by atoms with Crippen LogP contribution < -0.4 is 5.43 Å². The Labute approximate surface area is 188 Å². The highest BCUT2D eigenvalue weighted by molar-refractivity contribution is 6.02. The Kier molecular flexibility index (Phi) is 3.84. The average molecular weight is 436 g/mol. The molecule has 5 nitrogen and oxygen atoms in total. The number of aromatic hydroxyl groups is 2. The summed E-state index contributed by atoms with van der Waals surface area (Å²) in [6, 6.07) is 19.4. The van der Waals surface area contributed by atoms with Gasteiger partial charge in [0.15, 0.2) is 0 Å². The quantitative estimate of drug-likeness (QED) is 0.313. The zero-order chi connectivity index (χ0) is 23.1. The van der Waals surface area contributed by atoms with Crippen LogP contribution in [0.1, 0.15) is 27.8 Å². The highest BCUT2D eigenvalue weighted by atomic mass is 16.3. The Morgan fingerprint density at radius 1 is 0.788 bits per heavy atom. The molecule has 1 aromatic heterocycles. The predicted octanol–water partition coefficient (Wildman–Crippen LogP) is 5.24. The van der Waals surface area contributed by atoms with E-state index in [0.29, 0.717) is 22.3 Å². The first kappa shape index (κ1) is 19.6. The van der Waals surface area contributed by atoms with E-state index in [2.05, 4.69) is 0 Å². The molecule has 1 heterocycles. The molecule has 5 aromatic rings. The van der Waals surface area contributed by atoms with Gasteiger partial charge in [0.05, 0.1) is 0 Å². The maximum absolute atomic E-state index is 13.4. The first-order valence-corrected chi connectivity index (χ1v) is 10.7. The fourth-order valence-electron chi connectivity index (χ4n) is 5.03. The van der Waals surface area contributed by atoms with E-state index >= 15 is 0 Å². The van der Waals surface area contributed by atoms with Gasteiger partial charge in [-0.05, 0) is 48.7 Å². The molecule has 6 rings (SSSR count). The molecule has 5 heteroatoms. The second-order valence-corrected chi connectivity index (χ2v) is 8.73. The van der Waals surface area contributed by atoms with E-state index in [1.54, 1.807) is 12.1 Å². The highest BCUT2D eigenvalue weighted by Gasteiger charge is 2.46. The molecule has 1 aliphatic carbocycles. The van der Waals surface area contributed by atoms with E-state index in [4.69, 9.17) is 4.42 Å². The van der Waals surface area contributed by atoms with E-state index in [-0.39, 0.29) is 33.4 Å². The van der Waals surface area contributed by atoms with Crippen molar-refractivity contribution in [2.45, 2.75) is 19.4 Å². The summed E-state index contributed by atoms with van der Waals surface area (Å²) in [5.74, 6) is -0.488. The van der Waals surface area contributed by atoms with Crippen molar-refractivity contribution >= 4 is 21.9 Å². The standard InChI is InChI=1S/C28H20O5/c1-14-6-9-16(10-7-14)28(32)19-12-15(2)8-11-17(19)18-13-21(30)24-26(31)23-20(29)4-3-5-22(23)33-27(24)25(18)28/h3-13,29-30,32H,1-2H3. The van der Waals surface area contributed by atoms with Gasteiger partial charge in [0.2, 0.25) is 5.43 Å². The van der Waals surface area contributed by atoms with Crippen LogP contribution in [0.5, 0.6) is 11.5 Å². The lowest BCUT2D eigenvalue weighted by Gasteiger charge is -2.27. The van der Waals surface area contributed by atoms with E-state index in [1.165, 1.54) is 12.1 Å². The van der Waals surface area contributed by atoms with Gasteiger partial charge in [-0.15, -0.1) is 0 Å². The van der Waals surface area contributed by atoms with Crippen LogP contribution in [0.15, 0.2) is 75.9 Å². The Hall–Kier alpha value is -4.09. The fourth-order valence-corrected chi connectivity index (χ4v) is 5.03. The minimum atomic E-state index is -1.60. The van der Waals surface area contributed by atoms with Gasteiger partial charge in [0, 0.05) is 11.1 Å². The van der Waals surface area contributed by atoms with Crippen molar-refractivity contribution in [2.24, 2.45) is 0 Å². The van der Waals surface area contributed by atoms with Crippen LogP contribution in [0.2, 0.25) is 0 Å². The number of hydrogen-bond acceptors (Lipinski definition) is 5. The van der Waals surface area contributed by atoms with Crippen molar-refractivity contribution in [1.29, 1.82) is 0 Å². The SMILES string of the molecule is Cc1ccc(C2(O)c3cc(C)ccc3-c3cc(O)c4c(=O)c5c(O)cccc5oc4c32)cc1. The lowest BCUT2D eigenvalue weighted by molar-refractivity contribution is 0.131. The Morgan fingerprint density at radius 2 is 1.52 bits per heavy atom. The van der Waals surface area contributed by atoms with Crippen LogP contribution in [-0.4, -0.2) is 15.3 Å². The van der Waals surface area contributed by atoms with Crippen LogP contribution in [-0.2, 0) is 5.60 Å². The zero-order valence-corrected chi connectivity index (χ0v) is 18.0. The Morgan fingerprint density at radius 3 is 2.27 bits per heavy atom. The van der Waals surface area contributed by atoms with E-state index in [1.807, 2.05) is 56.3 Å². The summed E-state index contributed by atoms with van der Waals surface area (Å²) in [5.41, 5.74) is 3.20. The van der Waals surface area contributed by atoms with Gasteiger partial charge in [-0.1, -0.05) is 59.7 Å². The van der Waals surface area contributed by atoms with Gasteiger partial charge in [0.25, 0.3) is 0 Å². The molecule has 0 bridgehead atoms. The van der Waals surface area contributed by atoms with Crippen molar-refractivity contribution in [1.82, 2.24) is 0 Å². The van der Waals surface area contributed by atoms with Gasteiger partial charge in [0.1, 0.15) is 39.0 Å². The zero-order valence-electron chi connectivity index (χ0n) is 18.0. The van der Waals surface area contributed by atoms with Crippen molar-refractivity contribution in [3.63, 3.8) is 0 Å². The topological polar surface area (TPSA) is 90.9 Å². The molecule has 0 saturated carbocycles. The minimum Gasteiger partial charge on any atom is -0.507 e. The summed E-state index contributed by atoms with van der Waals surface area (Å²) in [5, 5.41) is 33.5. The van der Waals surface area contributed by atoms with Crippen LogP contribution in [0.3, 0.4) is 0 Å². The third kappa shape index (κ3) is 2.48. The largest absolute Gasteiger partial charge is 0.507 e. The van der Waals surface area contributed by atoms with Gasteiger partial charge >= 0.3 is 0 Å². The monoisotopic (exact) mass is 436 g/mol. The molecule has 0 fully saturated rings. The number of aliphatic hydroxyl groups is 1. The van der Waals surface area contributed by atoms with E-state index in [0.717, 1.165) is 16.7 Å². The molecule has 1 aliphatic rings. The summed E-state index contributed by atoms with van der Waals surface area (Å²) < 4.78 is 6.15. The average Bonchev–Trinajstić information content (AvgIpc) is 3.02. The van der Waals surface area contributed by atoms with Crippen molar-refractivity contribution in [3.8, 4) is 22.6 Å². The van der Waals surface area contributed by atoms with E-state index < -0.39 is 11.0 Å². The number of phenols is 2. The molecule has 0 saturated heterocycles. The van der Waals surface area contributed by atoms with Crippen molar-refractivity contribution in [2.75, 3.05) is 0 Å². The number of hydrogen-bond donors (Lipinski definition) is 3. The maximum atomic E-state index is 13.4. The number of fused-ring (bicyclic) bond motifs is 6. The number of aryl methyl sites for hydroxylation is 2. The van der Waals surface area contributed by atoms with Gasteiger partial charge < -0.3 is 19.7 Å². The van der Waals surface area contributed by atoms with Gasteiger partial charge in [-0.3, -0.25) is 4.79 Å². The third-order valence-electron chi connectivity index (χ3n) is 6.62. The first-order valence-electron chi connectivity index (χ1n) is 10.7. The molecule has 0 amide bonds. The summed E-state index contributed by atoms with van der Waals surface area (Å²) in [6.07, 6.45) is 0. The summed E-state index contributed by atoms with van der Waals surface area (Å²) in [7, 11) is 0. The van der Waals surface area contributed by atoms with Gasteiger partial charge in [-0.2, -0.15) is 0 Å². The third-order valence-corrected chi connectivity index (χ3v) is 6.62. The summed E-state index contributed by atoms with van der Waals surface area (Å²) >= 11 is 0. The van der Waals surface area contributed by atoms with E-state index in [9.17, 15) is 20.1 Å². The molecule has 1 atom stereocenters. The molecule has 4 aromatic carbocycles. The second-order valence-electron chi connectivity index (χ2n) is 8.73. The summed E-state index contributed by atoms with van der Waals surface area (Å²) in [6.45, 7) is 3.92. The fraction of sp³-hybridized carbons (Fsp3) is 0.107. The molecular weight excluding hydrogens is 416 g/mol. The van der Waals surface area contributed by atoms with Crippen LogP contribution in [0.25, 0.3) is 33.1 Å². The lowest BCUT2D eigenvalue weighted by Crippen LogP contribution is -2.27.